The van der Waals surface area contributed by atoms with Crippen molar-refractivity contribution in [1.29, 1.82) is 0 Å². The van der Waals surface area contributed by atoms with E-state index in [0.29, 0.717) is 28.1 Å². The third-order valence-corrected chi connectivity index (χ3v) is 4.40. The van der Waals surface area contributed by atoms with Gasteiger partial charge < -0.3 is 29.4 Å². The number of phenols is 2. The van der Waals surface area contributed by atoms with Gasteiger partial charge in [0.25, 0.3) is 0 Å². The molecule has 0 spiro atoms. The number of benzene rings is 2. The van der Waals surface area contributed by atoms with Gasteiger partial charge in [-0.3, -0.25) is 4.79 Å². The SMILES string of the molecule is Cc1c(CC(=O)Nc2ccc3c(c2)OCO3)c(=O)oc2c(O)c(O)ccc12. The Morgan fingerprint density at radius 3 is 2.74 bits per heavy atom. The van der Waals surface area contributed by atoms with Crippen molar-refractivity contribution in [3.63, 3.8) is 0 Å². The highest BCUT2D eigenvalue weighted by Gasteiger charge is 2.19. The highest BCUT2D eigenvalue weighted by atomic mass is 16.7. The molecule has 4 rings (SSSR count). The summed E-state index contributed by atoms with van der Waals surface area (Å²) >= 11 is 0. The molecule has 0 bridgehead atoms. The van der Waals surface area contributed by atoms with Crippen LogP contribution in [0, 0.1) is 6.92 Å². The summed E-state index contributed by atoms with van der Waals surface area (Å²) < 4.78 is 15.6. The van der Waals surface area contributed by atoms with Gasteiger partial charge in [-0.1, -0.05) is 0 Å². The summed E-state index contributed by atoms with van der Waals surface area (Å²) in [6.45, 7) is 1.78. The van der Waals surface area contributed by atoms with E-state index >= 15 is 0 Å². The van der Waals surface area contributed by atoms with Crippen molar-refractivity contribution < 1.29 is 28.9 Å². The molecule has 1 aliphatic heterocycles. The third-order valence-electron chi connectivity index (χ3n) is 4.40. The molecule has 0 fully saturated rings. The first kappa shape index (κ1) is 16.8. The van der Waals surface area contributed by atoms with Crippen molar-refractivity contribution in [2.45, 2.75) is 13.3 Å². The minimum Gasteiger partial charge on any atom is -0.504 e. The maximum atomic E-state index is 12.4. The average Bonchev–Trinajstić information content (AvgIpc) is 3.10. The number of phenolic OH excluding ortho intramolecular Hbond substituents is 2. The van der Waals surface area contributed by atoms with Gasteiger partial charge in [-0.15, -0.1) is 0 Å². The number of carbonyl (C=O) groups excluding carboxylic acids is 1. The maximum Gasteiger partial charge on any atom is 0.340 e. The molecule has 3 aromatic rings. The van der Waals surface area contributed by atoms with E-state index in [-0.39, 0.29) is 24.4 Å². The second-order valence-electron chi connectivity index (χ2n) is 6.10. The Labute approximate surface area is 152 Å². The van der Waals surface area contributed by atoms with Crippen molar-refractivity contribution in [3.8, 4) is 23.0 Å². The number of nitrogens with one attached hydrogen (secondary N) is 1. The number of ether oxygens (including phenoxy) is 2. The van der Waals surface area contributed by atoms with E-state index < -0.39 is 23.0 Å². The fourth-order valence-electron chi connectivity index (χ4n) is 2.97. The highest BCUT2D eigenvalue weighted by molar-refractivity contribution is 5.94. The quantitative estimate of drug-likeness (QED) is 0.479. The van der Waals surface area contributed by atoms with Gasteiger partial charge >= 0.3 is 5.63 Å². The molecule has 0 unspecified atom stereocenters. The lowest BCUT2D eigenvalue weighted by Crippen LogP contribution is -2.20. The predicted molar refractivity (Wildman–Crippen MR) is 95.4 cm³/mol. The summed E-state index contributed by atoms with van der Waals surface area (Å²) in [6, 6.07) is 7.80. The Kier molecular flexibility index (Phi) is 3.88. The first-order valence-electron chi connectivity index (χ1n) is 8.11. The Morgan fingerprint density at radius 2 is 1.93 bits per heavy atom. The highest BCUT2D eigenvalue weighted by Crippen LogP contribution is 2.35. The number of amides is 1. The first-order valence-corrected chi connectivity index (χ1v) is 8.11. The summed E-state index contributed by atoms with van der Waals surface area (Å²) in [4.78, 5) is 24.7. The van der Waals surface area contributed by atoms with Crippen molar-refractivity contribution in [2.24, 2.45) is 0 Å². The molecule has 2 heterocycles. The lowest BCUT2D eigenvalue weighted by molar-refractivity contribution is -0.115. The third kappa shape index (κ3) is 2.91. The molecule has 1 amide bonds. The number of hydrogen-bond donors (Lipinski definition) is 3. The van der Waals surface area contributed by atoms with Crippen molar-refractivity contribution >= 4 is 22.6 Å². The molecule has 3 N–H and O–H groups in total. The van der Waals surface area contributed by atoms with Gasteiger partial charge in [0.2, 0.25) is 18.4 Å². The minimum absolute atomic E-state index is 0.113. The molecule has 8 nitrogen and oxygen atoms in total. The number of aryl methyl sites for hydroxylation is 1. The molecule has 0 saturated carbocycles. The largest absolute Gasteiger partial charge is 0.504 e. The van der Waals surface area contributed by atoms with Gasteiger partial charge in [0, 0.05) is 17.1 Å². The van der Waals surface area contributed by atoms with Crippen LogP contribution in [-0.4, -0.2) is 22.9 Å². The zero-order valence-electron chi connectivity index (χ0n) is 14.2. The smallest absolute Gasteiger partial charge is 0.340 e. The van der Waals surface area contributed by atoms with Crippen LogP contribution in [0.1, 0.15) is 11.1 Å². The van der Waals surface area contributed by atoms with Crippen LogP contribution in [0.2, 0.25) is 0 Å². The Bertz CT molecular complexity index is 1130. The molecular weight excluding hydrogens is 354 g/mol. The zero-order chi connectivity index (χ0) is 19.1. The second kappa shape index (κ2) is 6.24. The number of carbonyl (C=O) groups is 1. The molecule has 0 atom stereocenters. The molecule has 138 valence electrons. The van der Waals surface area contributed by atoms with Gasteiger partial charge in [-0.05, 0) is 36.8 Å². The minimum atomic E-state index is -0.748. The van der Waals surface area contributed by atoms with Crippen LogP contribution in [0.25, 0.3) is 11.0 Å². The van der Waals surface area contributed by atoms with E-state index in [4.69, 9.17) is 13.9 Å². The summed E-state index contributed by atoms with van der Waals surface area (Å²) in [6.07, 6.45) is -0.208. The van der Waals surface area contributed by atoms with Crippen LogP contribution in [0.3, 0.4) is 0 Å². The topological polar surface area (TPSA) is 118 Å². The van der Waals surface area contributed by atoms with E-state index in [9.17, 15) is 19.8 Å². The molecular formula is C19H15NO7. The molecule has 0 radical (unpaired) electrons. The van der Waals surface area contributed by atoms with Crippen LogP contribution in [0.15, 0.2) is 39.5 Å². The maximum absolute atomic E-state index is 12.4. The molecule has 27 heavy (non-hydrogen) atoms. The van der Waals surface area contributed by atoms with Crippen molar-refractivity contribution in [3.05, 3.63) is 51.9 Å². The van der Waals surface area contributed by atoms with Crippen LogP contribution in [0.4, 0.5) is 5.69 Å². The number of fused-ring (bicyclic) bond motifs is 2. The second-order valence-corrected chi connectivity index (χ2v) is 6.10. The Hall–Kier alpha value is -3.68. The van der Waals surface area contributed by atoms with Crippen molar-refractivity contribution in [1.82, 2.24) is 0 Å². The summed E-state index contributed by atoms with van der Waals surface area (Å²) in [5.41, 5.74) is 0.317. The number of anilines is 1. The lowest BCUT2D eigenvalue weighted by Gasteiger charge is -2.10. The first-order chi connectivity index (χ1) is 12.9. The average molecular weight is 369 g/mol. The summed E-state index contributed by atoms with van der Waals surface area (Å²) in [5.74, 6) is -0.180. The van der Waals surface area contributed by atoms with Crippen LogP contribution < -0.4 is 20.4 Å². The fourth-order valence-corrected chi connectivity index (χ4v) is 2.97. The van der Waals surface area contributed by atoms with E-state index in [1.165, 1.54) is 12.1 Å². The molecule has 8 heteroatoms. The van der Waals surface area contributed by atoms with Gasteiger partial charge in [0.05, 0.1) is 12.0 Å². The Balaban J connectivity index is 1.62. The van der Waals surface area contributed by atoms with Crippen LogP contribution >= 0.6 is 0 Å². The Morgan fingerprint density at radius 1 is 1.15 bits per heavy atom. The van der Waals surface area contributed by atoms with E-state index in [1.807, 2.05) is 0 Å². The van der Waals surface area contributed by atoms with Gasteiger partial charge in [0.15, 0.2) is 22.8 Å². The van der Waals surface area contributed by atoms with E-state index in [0.717, 1.165) is 0 Å². The fraction of sp³-hybridized carbons (Fsp3) is 0.158. The monoisotopic (exact) mass is 369 g/mol. The standard InChI is InChI=1S/C19H15NO7/c1-9-11-3-4-13(21)17(23)18(11)27-19(24)12(9)7-16(22)20-10-2-5-14-15(6-10)26-8-25-14/h2-6,21,23H,7-8H2,1H3,(H,20,22). The zero-order valence-corrected chi connectivity index (χ0v) is 14.2. The van der Waals surface area contributed by atoms with Gasteiger partial charge in [-0.2, -0.15) is 0 Å². The van der Waals surface area contributed by atoms with Gasteiger partial charge in [-0.25, -0.2) is 4.79 Å². The van der Waals surface area contributed by atoms with E-state index in [1.54, 1.807) is 25.1 Å². The van der Waals surface area contributed by atoms with Gasteiger partial charge in [0.1, 0.15) is 0 Å². The molecule has 1 aliphatic rings. The van der Waals surface area contributed by atoms with E-state index in [2.05, 4.69) is 5.32 Å². The molecule has 2 aromatic carbocycles. The molecule has 1 aromatic heterocycles. The van der Waals surface area contributed by atoms with Crippen LogP contribution in [-0.2, 0) is 11.2 Å². The van der Waals surface area contributed by atoms with Crippen molar-refractivity contribution in [2.75, 3.05) is 12.1 Å². The molecule has 0 saturated heterocycles. The molecule has 0 aliphatic carbocycles. The number of aromatic hydroxyl groups is 2. The lowest BCUT2D eigenvalue weighted by atomic mass is 10.0. The van der Waals surface area contributed by atoms with Crippen LogP contribution in [0.5, 0.6) is 23.0 Å². The predicted octanol–water partition coefficient (Wildman–Crippen LogP) is 2.42. The summed E-state index contributed by atoms with van der Waals surface area (Å²) in [7, 11) is 0. The number of hydrogen-bond acceptors (Lipinski definition) is 7. The number of rotatable bonds is 3. The summed E-state index contributed by atoms with van der Waals surface area (Å²) in [5, 5.41) is 22.6. The normalized spacial score (nSPS) is 12.3.